The van der Waals surface area contributed by atoms with E-state index in [0.29, 0.717) is 43.7 Å². The van der Waals surface area contributed by atoms with Gasteiger partial charge in [-0.2, -0.15) is 0 Å². The van der Waals surface area contributed by atoms with Gasteiger partial charge in [0.25, 0.3) is 11.8 Å². The molecule has 3 heterocycles. The number of hydrogen-bond donors (Lipinski definition) is 5. The summed E-state index contributed by atoms with van der Waals surface area (Å²) in [6, 6.07) is 0.317. The number of carbonyl (C=O) groups is 5. The third kappa shape index (κ3) is 10.8. The highest BCUT2D eigenvalue weighted by molar-refractivity contribution is 6.30. The number of nitrogens with zero attached hydrogens (tertiary/aromatic N) is 4. The molecule has 0 spiro atoms. The Bertz CT molecular complexity index is 1550. The number of rotatable bonds is 19. The normalized spacial score (nSPS) is 16.2. The van der Waals surface area contributed by atoms with E-state index >= 15 is 0 Å². The van der Waals surface area contributed by atoms with Crippen molar-refractivity contribution in [2.24, 2.45) is 11.8 Å². The van der Waals surface area contributed by atoms with Crippen LogP contribution in [0.1, 0.15) is 120 Å². The van der Waals surface area contributed by atoms with Crippen LogP contribution in [0.5, 0.6) is 0 Å². The quantitative estimate of drug-likeness (QED) is 0.104. The maximum atomic E-state index is 13.8. The zero-order chi connectivity index (χ0) is 38.8. The molecule has 1 fully saturated rings. The highest BCUT2D eigenvalue weighted by atomic mass is 35.5. The molecule has 1 saturated heterocycles. The molecule has 15 nitrogen and oxygen atoms in total. The molecular weight excluding hydrogens is 694 g/mol. The van der Waals surface area contributed by atoms with Crippen molar-refractivity contribution < 1.29 is 38.6 Å². The van der Waals surface area contributed by atoms with Crippen LogP contribution in [-0.4, -0.2) is 103 Å². The van der Waals surface area contributed by atoms with Crippen molar-refractivity contribution in [2.75, 3.05) is 19.8 Å². The van der Waals surface area contributed by atoms with Gasteiger partial charge in [-0.15, -0.1) is 10.2 Å². The molecule has 0 bridgehead atoms. The first-order chi connectivity index (χ1) is 24.5. The lowest BCUT2D eigenvalue weighted by atomic mass is 9.87. The molecule has 0 aliphatic carbocycles. The molecule has 4 amide bonds. The van der Waals surface area contributed by atoms with Gasteiger partial charge in [0.2, 0.25) is 29.4 Å². The van der Waals surface area contributed by atoms with Crippen LogP contribution in [-0.2, 0) is 19.8 Å². The standard InChI is InChI=1S/C36H54ClN7O8/c1-8-36(19-45,20-46)34-43-42-32(52-34)29(48)27(21(2)3)40-31(50)25-12-11-17-44(25)33(51)28(22(4)5)39-26(47)13-9-10-15-35(6,7)41-30(49)24-18-23(37)14-16-38-24/h14,16,18,21-22,25,27-28,45-46H,8-13,15,17,19-20H2,1-7H3,(H,39,47)(H,40,50)(H,41,49)/t25-,27-,28-/m0/s1. The molecule has 0 saturated carbocycles. The predicted octanol–water partition coefficient (Wildman–Crippen LogP) is 2.97. The van der Waals surface area contributed by atoms with Gasteiger partial charge in [0, 0.05) is 29.7 Å². The second-order valence-corrected chi connectivity index (χ2v) is 15.3. The third-order valence-corrected chi connectivity index (χ3v) is 9.80. The number of aliphatic hydroxyl groups is 2. The van der Waals surface area contributed by atoms with Gasteiger partial charge in [0.05, 0.1) is 24.7 Å². The number of aliphatic hydroxyl groups excluding tert-OH is 2. The molecule has 0 aromatic carbocycles. The van der Waals surface area contributed by atoms with Crippen LogP contribution in [0.15, 0.2) is 22.7 Å². The Morgan fingerprint density at radius 1 is 1.02 bits per heavy atom. The average Bonchev–Trinajstić information content (AvgIpc) is 3.80. The summed E-state index contributed by atoms with van der Waals surface area (Å²) in [6.07, 6.45) is 4.64. The van der Waals surface area contributed by atoms with Gasteiger partial charge in [0.15, 0.2) is 0 Å². The Kier molecular flexibility index (Phi) is 15.3. The average molecular weight is 748 g/mol. The van der Waals surface area contributed by atoms with Crippen LogP contribution in [0, 0.1) is 11.8 Å². The maximum Gasteiger partial charge on any atom is 0.286 e. The number of pyridine rings is 1. The fourth-order valence-corrected chi connectivity index (χ4v) is 6.23. The van der Waals surface area contributed by atoms with Gasteiger partial charge in [-0.3, -0.25) is 29.0 Å². The molecular formula is C36H54ClN7O8. The minimum atomic E-state index is -1.21. The van der Waals surface area contributed by atoms with E-state index in [0.717, 1.165) is 0 Å². The van der Waals surface area contributed by atoms with E-state index in [9.17, 15) is 34.2 Å². The van der Waals surface area contributed by atoms with E-state index in [1.165, 1.54) is 17.2 Å². The van der Waals surface area contributed by atoms with Crippen LogP contribution in [0.3, 0.4) is 0 Å². The molecule has 5 N–H and O–H groups in total. The molecule has 16 heteroatoms. The summed E-state index contributed by atoms with van der Waals surface area (Å²) in [5, 5.41) is 36.4. The van der Waals surface area contributed by atoms with Crippen LogP contribution in [0.25, 0.3) is 0 Å². The molecule has 0 radical (unpaired) electrons. The van der Waals surface area contributed by atoms with Crippen LogP contribution in [0.4, 0.5) is 0 Å². The molecule has 3 atom stereocenters. The van der Waals surface area contributed by atoms with Crippen molar-refractivity contribution in [3.63, 3.8) is 0 Å². The van der Waals surface area contributed by atoms with E-state index in [1.807, 2.05) is 27.7 Å². The van der Waals surface area contributed by atoms with Crippen molar-refractivity contribution in [3.8, 4) is 0 Å². The summed E-state index contributed by atoms with van der Waals surface area (Å²) in [6.45, 7) is 12.0. The van der Waals surface area contributed by atoms with E-state index in [4.69, 9.17) is 16.0 Å². The van der Waals surface area contributed by atoms with Crippen LogP contribution >= 0.6 is 11.6 Å². The smallest absolute Gasteiger partial charge is 0.286 e. The van der Waals surface area contributed by atoms with Gasteiger partial charge < -0.3 is 35.5 Å². The maximum absolute atomic E-state index is 13.8. The summed E-state index contributed by atoms with van der Waals surface area (Å²) in [5.74, 6) is -3.24. The molecule has 1 aliphatic rings. The van der Waals surface area contributed by atoms with Gasteiger partial charge in [0.1, 0.15) is 17.8 Å². The van der Waals surface area contributed by atoms with E-state index in [1.54, 1.807) is 26.8 Å². The molecule has 2 aromatic heterocycles. The molecule has 1 aliphatic heterocycles. The van der Waals surface area contributed by atoms with Gasteiger partial charge in [-0.25, -0.2) is 0 Å². The van der Waals surface area contributed by atoms with E-state index < -0.39 is 54.0 Å². The number of hydrogen-bond acceptors (Lipinski definition) is 11. The zero-order valence-corrected chi connectivity index (χ0v) is 32.0. The number of aromatic nitrogens is 3. The lowest BCUT2D eigenvalue weighted by Gasteiger charge is -2.31. The fourth-order valence-electron chi connectivity index (χ4n) is 6.07. The summed E-state index contributed by atoms with van der Waals surface area (Å²) >= 11 is 5.98. The van der Waals surface area contributed by atoms with Gasteiger partial charge in [-0.05, 0) is 69.9 Å². The molecule has 288 valence electrons. The SMILES string of the molecule is CCC(CO)(CO)c1nnc(C(=O)[C@@H](NC(=O)[C@@H]2CCCN2C(=O)[C@@H](NC(=O)CCCCC(C)(C)NC(=O)c2cc(Cl)ccn2)C(C)C)C(C)C)o1. The lowest BCUT2D eigenvalue weighted by molar-refractivity contribution is -0.142. The Labute approximate surface area is 310 Å². The second-order valence-electron chi connectivity index (χ2n) is 14.8. The molecule has 52 heavy (non-hydrogen) atoms. The third-order valence-electron chi connectivity index (χ3n) is 9.57. The molecule has 2 aromatic rings. The fraction of sp³-hybridized carbons (Fsp3) is 0.667. The zero-order valence-electron chi connectivity index (χ0n) is 31.2. The Morgan fingerprint density at radius 2 is 1.69 bits per heavy atom. The number of nitrogens with one attached hydrogen (secondary N) is 3. The second kappa shape index (κ2) is 18.7. The summed E-state index contributed by atoms with van der Waals surface area (Å²) < 4.78 is 5.59. The Hall–Kier alpha value is -3.95. The number of carbonyl (C=O) groups excluding carboxylic acids is 5. The number of amides is 4. The minimum absolute atomic E-state index is 0.0773. The van der Waals surface area contributed by atoms with Gasteiger partial charge in [-0.1, -0.05) is 52.6 Å². The summed E-state index contributed by atoms with van der Waals surface area (Å²) in [5.41, 5.74) is -1.55. The first-order valence-corrected chi connectivity index (χ1v) is 18.3. The highest BCUT2D eigenvalue weighted by Gasteiger charge is 2.41. The lowest BCUT2D eigenvalue weighted by Crippen LogP contribution is -2.57. The van der Waals surface area contributed by atoms with Crippen LogP contribution in [0.2, 0.25) is 5.02 Å². The number of halogens is 1. The van der Waals surface area contributed by atoms with Crippen LogP contribution < -0.4 is 16.0 Å². The van der Waals surface area contributed by atoms with E-state index in [2.05, 4.69) is 31.1 Å². The topological polar surface area (TPSA) is 217 Å². The summed E-state index contributed by atoms with van der Waals surface area (Å²) in [4.78, 5) is 72.1. The van der Waals surface area contributed by atoms with Crippen molar-refractivity contribution in [3.05, 3.63) is 40.8 Å². The van der Waals surface area contributed by atoms with Gasteiger partial charge >= 0.3 is 0 Å². The van der Waals surface area contributed by atoms with Crippen molar-refractivity contribution in [1.82, 2.24) is 36.0 Å². The first kappa shape index (κ1) is 42.5. The van der Waals surface area contributed by atoms with Crippen molar-refractivity contribution >= 4 is 41.0 Å². The van der Waals surface area contributed by atoms with Crippen molar-refractivity contribution in [1.29, 1.82) is 0 Å². The number of unbranched alkanes of at least 4 members (excludes halogenated alkanes) is 1. The minimum Gasteiger partial charge on any atom is -0.417 e. The Balaban J connectivity index is 1.58. The number of ketones is 1. The monoisotopic (exact) mass is 747 g/mol. The first-order valence-electron chi connectivity index (χ1n) is 17.9. The number of Topliss-reactive ketones (excluding diaryl/α,β-unsaturated/α-hetero) is 1. The molecule has 0 unspecified atom stereocenters. The van der Waals surface area contributed by atoms with Crippen molar-refractivity contribution in [2.45, 2.75) is 122 Å². The summed E-state index contributed by atoms with van der Waals surface area (Å²) in [7, 11) is 0. The van der Waals surface area contributed by atoms with E-state index in [-0.39, 0.29) is 59.9 Å². The number of likely N-dealkylation sites (tertiary alicyclic amines) is 1. The molecule has 3 rings (SSSR count). The highest BCUT2D eigenvalue weighted by Crippen LogP contribution is 2.27. The largest absolute Gasteiger partial charge is 0.417 e. The Morgan fingerprint density at radius 3 is 2.29 bits per heavy atom. The predicted molar refractivity (Wildman–Crippen MR) is 192 cm³/mol.